The molecule has 0 radical (unpaired) electrons. The Bertz CT molecular complexity index is 959. The summed E-state index contributed by atoms with van der Waals surface area (Å²) in [6.07, 6.45) is 0.982. The van der Waals surface area contributed by atoms with Gasteiger partial charge >= 0.3 is 0 Å². The van der Waals surface area contributed by atoms with Crippen molar-refractivity contribution in [1.82, 2.24) is 14.7 Å². The van der Waals surface area contributed by atoms with Crippen LogP contribution in [-0.4, -0.2) is 87.2 Å². The molecular weight excluding hydrogens is 462 g/mol. The molecule has 0 aliphatic carbocycles. The van der Waals surface area contributed by atoms with Crippen LogP contribution in [0.3, 0.4) is 0 Å². The third kappa shape index (κ3) is 7.43. The second kappa shape index (κ2) is 13.3. The third-order valence-electron chi connectivity index (χ3n) is 7.09. The van der Waals surface area contributed by atoms with Gasteiger partial charge in [-0.05, 0) is 81.3 Å². The summed E-state index contributed by atoms with van der Waals surface area (Å²) in [6, 6.07) is 11.7. The molecule has 1 heterocycles. The molecule has 0 spiro atoms. The normalized spacial score (nSPS) is 15.5. The summed E-state index contributed by atoms with van der Waals surface area (Å²) < 4.78 is 11.2. The van der Waals surface area contributed by atoms with E-state index in [2.05, 4.69) is 49.8 Å². The van der Waals surface area contributed by atoms with Crippen molar-refractivity contribution < 1.29 is 14.3 Å². The van der Waals surface area contributed by atoms with Gasteiger partial charge in [0, 0.05) is 63.0 Å². The van der Waals surface area contributed by atoms with Gasteiger partial charge in [-0.15, -0.1) is 0 Å². The predicted molar refractivity (Wildman–Crippen MR) is 143 cm³/mol. The van der Waals surface area contributed by atoms with E-state index >= 15 is 0 Å². The van der Waals surface area contributed by atoms with E-state index in [-0.39, 0.29) is 11.9 Å². The number of carbonyl (C=O) groups is 1. The van der Waals surface area contributed by atoms with Gasteiger partial charge in [0.15, 0.2) is 0 Å². The number of piperazine rings is 1. The van der Waals surface area contributed by atoms with E-state index in [0.717, 1.165) is 58.0 Å². The highest BCUT2D eigenvalue weighted by Gasteiger charge is 2.26. The van der Waals surface area contributed by atoms with Crippen molar-refractivity contribution in [3.05, 3.63) is 63.7 Å². The summed E-state index contributed by atoms with van der Waals surface area (Å²) in [6.45, 7) is 13.1. The minimum absolute atomic E-state index is 0.0763. The van der Waals surface area contributed by atoms with Crippen LogP contribution in [0.4, 0.5) is 0 Å². The average Bonchev–Trinajstić information content (AvgIpc) is 2.87. The van der Waals surface area contributed by atoms with E-state index in [9.17, 15) is 4.79 Å². The first kappa shape index (κ1) is 27.5. The molecule has 3 rings (SSSR count). The van der Waals surface area contributed by atoms with Gasteiger partial charge in [0.05, 0.1) is 13.2 Å². The predicted octanol–water partition coefficient (Wildman–Crippen LogP) is 4.82. The Morgan fingerprint density at radius 3 is 2.34 bits per heavy atom. The monoisotopic (exact) mass is 501 g/mol. The number of halogens is 1. The van der Waals surface area contributed by atoms with E-state index in [1.165, 1.54) is 16.7 Å². The number of likely N-dealkylation sites (N-methyl/N-ethyl adjacent to an activating group) is 1. The fraction of sp³-hybridized carbons (Fsp3) is 0.536. The molecule has 192 valence electrons. The minimum atomic E-state index is 0.0763. The summed E-state index contributed by atoms with van der Waals surface area (Å²) in [5, 5.41) is 0.646. The molecule has 1 saturated heterocycles. The Labute approximate surface area is 215 Å². The maximum absolute atomic E-state index is 12.8. The third-order valence-corrected chi connectivity index (χ3v) is 7.34. The highest BCUT2D eigenvalue weighted by molar-refractivity contribution is 6.30. The molecule has 1 aliphatic heterocycles. The van der Waals surface area contributed by atoms with Crippen molar-refractivity contribution >= 4 is 17.5 Å². The van der Waals surface area contributed by atoms with E-state index in [0.29, 0.717) is 17.2 Å². The largest absolute Gasteiger partial charge is 0.493 e. The Balaban J connectivity index is 1.52. The molecule has 6 nitrogen and oxygen atoms in total. The second-order valence-corrected chi connectivity index (χ2v) is 9.85. The van der Waals surface area contributed by atoms with E-state index in [1.54, 1.807) is 31.4 Å². The molecule has 0 unspecified atom stereocenters. The number of rotatable bonds is 11. The Hall–Kier alpha value is -2.12. The second-order valence-electron chi connectivity index (χ2n) is 9.41. The fourth-order valence-corrected chi connectivity index (χ4v) is 4.71. The van der Waals surface area contributed by atoms with Gasteiger partial charge in [0.25, 0.3) is 5.91 Å². The van der Waals surface area contributed by atoms with Crippen molar-refractivity contribution in [3.8, 4) is 5.75 Å². The Kier molecular flexibility index (Phi) is 10.4. The van der Waals surface area contributed by atoms with Crippen molar-refractivity contribution in [2.75, 3.05) is 66.6 Å². The zero-order chi connectivity index (χ0) is 25.4. The SMILES string of the molecule is COCCN(C)CCCOc1ccc([C@@H](C)N2CCN(C(=O)c3ccc(Cl)cc3)CC2)c(C)c1C. The summed E-state index contributed by atoms with van der Waals surface area (Å²) in [5.74, 6) is 1.05. The summed E-state index contributed by atoms with van der Waals surface area (Å²) in [7, 11) is 3.84. The highest BCUT2D eigenvalue weighted by Crippen LogP contribution is 2.31. The molecule has 0 bridgehead atoms. The number of ether oxygens (including phenoxy) is 2. The standard InChI is InChI=1S/C28H40ClN3O3/c1-21-22(2)27(35-19-6-13-30(4)18-20-34-5)12-11-26(21)23(3)31-14-16-32(17-15-31)28(33)24-7-9-25(29)10-8-24/h7-12,23H,6,13-20H2,1-5H3/t23-/m1/s1. The number of amides is 1. The van der Waals surface area contributed by atoms with Gasteiger partial charge in [-0.2, -0.15) is 0 Å². The van der Waals surface area contributed by atoms with Crippen LogP contribution >= 0.6 is 11.6 Å². The molecule has 7 heteroatoms. The zero-order valence-corrected chi connectivity index (χ0v) is 22.6. The van der Waals surface area contributed by atoms with Gasteiger partial charge in [0.2, 0.25) is 0 Å². The molecule has 0 N–H and O–H groups in total. The molecule has 1 atom stereocenters. The first-order valence-electron chi connectivity index (χ1n) is 12.5. The number of hydrogen-bond acceptors (Lipinski definition) is 5. The van der Waals surface area contributed by atoms with Crippen LogP contribution < -0.4 is 4.74 Å². The molecular formula is C28H40ClN3O3. The first-order chi connectivity index (χ1) is 16.8. The lowest BCUT2D eigenvalue weighted by molar-refractivity contribution is 0.0581. The van der Waals surface area contributed by atoms with E-state index in [4.69, 9.17) is 21.1 Å². The topological polar surface area (TPSA) is 45.3 Å². The number of hydrogen-bond donors (Lipinski definition) is 0. The van der Waals surface area contributed by atoms with Crippen molar-refractivity contribution in [3.63, 3.8) is 0 Å². The summed E-state index contributed by atoms with van der Waals surface area (Å²) in [5.41, 5.74) is 4.51. The van der Waals surface area contributed by atoms with Crippen LogP contribution in [0.1, 0.15) is 46.4 Å². The van der Waals surface area contributed by atoms with Gasteiger partial charge < -0.3 is 19.3 Å². The maximum Gasteiger partial charge on any atom is 0.253 e. The van der Waals surface area contributed by atoms with Gasteiger partial charge in [0.1, 0.15) is 5.75 Å². The number of methoxy groups -OCH3 is 1. The van der Waals surface area contributed by atoms with Crippen LogP contribution in [0.25, 0.3) is 0 Å². The minimum Gasteiger partial charge on any atom is -0.493 e. The van der Waals surface area contributed by atoms with Crippen molar-refractivity contribution in [2.45, 2.75) is 33.2 Å². The first-order valence-corrected chi connectivity index (χ1v) is 12.9. The molecule has 0 aromatic heterocycles. The Morgan fingerprint density at radius 1 is 1.00 bits per heavy atom. The summed E-state index contributed by atoms with van der Waals surface area (Å²) >= 11 is 5.96. The lowest BCUT2D eigenvalue weighted by Crippen LogP contribution is -2.49. The van der Waals surface area contributed by atoms with Crippen LogP contribution in [0.15, 0.2) is 36.4 Å². The molecule has 1 aliphatic rings. The molecule has 0 saturated carbocycles. The zero-order valence-electron chi connectivity index (χ0n) is 21.8. The highest BCUT2D eigenvalue weighted by atomic mass is 35.5. The Morgan fingerprint density at radius 2 is 1.69 bits per heavy atom. The van der Waals surface area contributed by atoms with Gasteiger partial charge in [-0.3, -0.25) is 9.69 Å². The van der Waals surface area contributed by atoms with E-state index in [1.807, 2.05) is 4.90 Å². The number of carbonyl (C=O) groups excluding carboxylic acids is 1. The smallest absolute Gasteiger partial charge is 0.253 e. The quantitative estimate of drug-likeness (QED) is 0.413. The molecule has 1 amide bonds. The lowest BCUT2D eigenvalue weighted by atomic mass is 9.96. The summed E-state index contributed by atoms with van der Waals surface area (Å²) in [4.78, 5) is 19.5. The van der Waals surface area contributed by atoms with Crippen molar-refractivity contribution in [2.24, 2.45) is 0 Å². The fourth-order valence-electron chi connectivity index (χ4n) is 4.59. The van der Waals surface area contributed by atoms with Crippen LogP contribution in [0.5, 0.6) is 5.75 Å². The van der Waals surface area contributed by atoms with Gasteiger partial charge in [-0.25, -0.2) is 0 Å². The maximum atomic E-state index is 12.8. The lowest BCUT2D eigenvalue weighted by Gasteiger charge is -2.39. The van der Waals surface area contributed by atoms with Crippen LogP contribution in [0, 0.1) is 13.8 Å². The molecule has 2 aromatic carbocycles. The molecule has 35 heavy (non-hydrogen) atoms. The van der Waals surface area contributed by atoms with Crippen molar-refractivity contribution in [1.29, 1.82) is 0 Å². The number of benzene rings is 2. The molecule has 1 fully saturated rings. The molecule has 2 aromatic rings. The van der Waals surface area contributed by atoms with Gasteiger partial charge in [-0.1, -0.05) is 17.7 Å². The number of nitrogens with zero attached hydrogens (tertiary/aromatic N) is 3. The van der Waals surface area contributed by atoms with Crippen LogP contribution in [-0.2, 0) is 4.74 Å². The average molecular weight is 502 g/mol. The van der Waals surface area contributed by atoms with E-state index < -0.39 is 0 Å². The van der Waals surface area contributed by atoms with Crippen LogP contribution in [0.2, 0.25) is 5.02 Å².